The maximum absolute atomic E-state index is 10.7. The Labute approximate surface area is 93.7 Å². The standard InChI is InChI=1S/C12H12O2S/c1-2-3-4-8-15-11-7-5-6-10(9-11)12(13)14/h5-7,9H,4,8H2,1H3,(H,13,14). The molecule has 1 N–H and O–H groups in total. The van der Waals surface area contributed by atoms with Crippen LogP contribution in [0.25, 0.3) is 0 Å². The Hall–Kier alpha value is -1.40. The van der Waals surface area contributed by atoms with Crippen LogP contribution in [0, 0.1) is 11.8 Å². The number of benzene rings is 1. The molecule has 0 saturated heterocycles. The molecule has 0 amide bonds. The molecule has 1 aromatic rings. The molecule has 0 unspecified atom stereocenters. The van der Waals surface area contributed by atoms with Gasteiger partial charge in [0.1, 0.15) is 0 Å². The van der Waals surface area contributed by atoms with Crippen molar-refractivity contribution < 1.29 is 9.90 Å². The normalized spacial score (nSPS) is 9.13. The van der Waals surface area contributed by atoms with Crippen molar-refractivity contribution in [3.8, 4) is 11.8 Å². The van der Waals surface area contributed by atoms with Gasteiger partial charge in [0.15, 0.2) is 0 Å². The van der Waals surface area contributed by atoms with Gasteiger partial charge >= 0.3 is 5.97 Å². The summed E-state index contributed by atoms with van der Waals surface area (Å²) in [7, 11) is 0. The SMILES string of the molecule is CC#CCCSc1cccc(C(=O)O)c1. The molecular formula is C12H12O2S. The van der Waals surface area contributed by atoms with Gasteiger partial charge in [0.25, 0.3) is 0 Å². The third kappa shape index (κ3) is 4.09. The van der Waals surface area contributed by atoms with Gasteiger partial charge in [0.05, 0.1) is 5.56 Å². The first-order valence-electron chi connectivity index (χ1n) is 4.60. The van der Waals surface area contributed by atoms with Crippen molar-refractivity contribution in [1.82, 2.24) is 0 Å². The van der Waals surface area contributed by atoms with E-state index in [4.69, 9.17) is 5.11 Å². The van der Waals surface area contributed by atoms with Crippen molar-refractivity contribution in [2.75, 3.05) is 5.75 Å². The van der Waals surface area contributed by atoms with Crippen molar-refractivity contribution in [2.45, 2.75) is 18.2 Å². The number of carbonyl (C=O) groups is 1. The molecule has 1 aromatic carbocycles. The number of hydrogen-bond donors (Lipinski definition) is 1. The van der Waals surface area contributed by atoms with Gasteiger partial charge < -0.3 is 5.11 Å². The van der Waals surface area contributed by atoms with E-state index in [-0.39, 0.29) is 0 Å². The molecule has 0 heterocycles. The van der Waals surface area contributed by atoms with E-state index in [1.165, 1.54) is 0 Å². The van der Waals surface area contributed by atoms with E-state index >= 15 is 0 Å². The summed E-state index contributed by atoms with van der Waals surface area (Å²) < 4.78 is 0. The van der Waals surface area contributed by atoms with Crippen molar-refractivity contribution in [1.29, 1.82) is 0 Å². The fourth-order valence-corrected chi connectivity index (χ4v) is 1.89. The van der Waals surface area contributed by atoms with Crippen LogP contribution in [0.5, 0.6) is 0 Å². The Morgan fingerprint density at radius 2 is 2.33 bits per heavy atom. The number of carboxylic acid groups (broad SMARTS) is 1. The Morgan fingerprint density at radius 3 is 3.00 bits per heavy atom. The number of aromatic carboxylic acids is 1. The van der Waals surface area contributed by atoms with Crippen molar-refractivity contribution in [3.05, 3.63) is 29.8 Å². The van der Waals surface area contributed by atoms with Gasteiger partial charge in [-0.2, -0.15) is 0 Å². The zero-order chi connectivity index (χ0) is 11.1. The van der Waals surface area contributed by atoms with Crippen LogP contribution in [0.2, 0.25) is 0 Å². The summed E-state index contributed by atoms with van der Waals surface area (Å²) in [5.74, 6) is 5.80. The third-order valence-corrected chi connectivity index (χ3v) is 2.75. The van der Waals surface area contributed by atoms with Crippen LogP contribution in [-0.4, -0.2) is 16.8 Å². The Morgan fingerprint density at radius 1 is 1.53 bits per heavy atom. The van der Waals surface area contributed by atoms with Gasteiger partial charge in [0, 0.05) is 17.1 Å². The molecule has 0 spiro atoms. The molecule has 1 rings (SSSR count). The second-order valence-corrected chi connectivity index (χ2v) is 4.03. The van der Waals surface area contributed by atoms with Crippen LogP contribution in [0.3, 0.4) is 0 Å². The van der Waals surface area contributed by atoms with E-state index in [0.29, 0.717) is 5.56 Å². The lowest BCUT2D eigenvalue weighted by molar-refractivity contribution is 0.0696. The third-order valence-electron chi connectivity index (χ3n) is 1.75. The molecule has 0 radical (unpaired) electrons. The van der Waals surface area contributed by atoms with Gasteiger partial charge in [-0.25, -0.2) is 4.79 Å². The minimum atomic E-state index is -0.884. The lowest BCUT2D eigenvalue weighted by Gasteiger charge is -2.00. The summed E-state index contributed by atoms with van der Waals surface area (Å²) in [6.07, 6.45) is 0.832. The summed E-state index contributed by atoms with van der Waals surface area (Å²) in [5, 5.41) is 8.79. The van der Waals surface area contributed by atoms with Crippen LogP contribution in [0.15, 0.2) is 29.2 Å². The highest BCUT2D eigenvalue weighted by Gasteiger charge is 2.02. The van der Waals surface area contributed by atoms with Gasteiger partial charge in [-0.15, -0.1) is 23.6 Å². The molecule has 0 saturated carbocycles. The molecule has 0 fully saturated rings. The van der Waals surface area contributed by atoms with Crippen LogP contribution in [0.4, 0.5) is 0 Å². The molecule has 0 aromatic heterocycles. The Kier molecular flexibility index (Phi) is 4.79. The van der Waals surface area contributed by atoms with Crippen molar-refractivity contribution >= 4 is 17.7 Å². The molecule has 15 heavy (non-hydrogen) atoms. The number of rotatable bonds is 4. The molecule has 3 heteroatoms. The topological polar surface area (TPSA) is 37.3 Å². The molecule has 2 nitrogen and oxygen atoms in total. The molecule has 0 aliphatic carbocycles. The average molecular weight is 220 g/mol. The first-order valence-corrected chi connectivity index (χ1v) is 5.58. The smallest absolute Gasteiger partial charge is 0.335 e. The maximum Gasteiger partial charge on any atom is 0.335 e. The van der Waals surface area contributed by atoms with Gasteiger partial charge in [-0.05, 0) is 25.1 Å². The van der Waals surface area contributed by atoms with E-state index < -0.39 is 5.97 Å². The quantitative estimate of drug-likeness (QED) is 0.481. The maximum atomic E-state index is 10.7. The van der Waals surface area contributed by atoms with E-state index in [1.807, 2.05) is 13.0 Å². The molecule has 0 bridgehead atoms. The monoisotopic (exact) mass is 220 g/mol. The fourth-order valence-electron chi connectivity index (χ4n) is 1.06. The van der Waals surface area contributed by atoms with E-state index in [0.717, 1.165) is 17.1 Å². The van der Waals surface area contributed by atoms with Gasteiger partial charge in [-0.3, -0.25) is 0 Å². The van der Waals surface area contributed by atoms with Crippen LogP contribution < -0.4 is 0 Å². The van der Waals surface area contributed by atoms with Crippen molar-refractivity contribution in [3.63, 3.8) is 0 Å². The summed E-state index contributed by atoms with van der Waals surface area (Å²) >= 11 is 1.63. The Balaban J connectivity index is 2.56. The van der Waals surface area contributed by atoms with Crippen LogP contribution in [0.1, 0.15) is 23.7 Å². The molecule has 0 aliphatic rings. The summed E-state index contributed by atoms with van der Waals surface area (Å²) in [4.78, 5) is 11.7. The molecular weight excluding hydrogens is 208 g/mol. The number of thioether (sulfide) groups is 1. The summed E-state index contributed by atoms with van der Waals surface area (Å²) in [6.45, 7) is 1.82. The fraction of sp³-hybridized carbons (Fsp3) is 0.250. The lowest BCUT2D eigenvalue weighted by atomic mass is 10.2. The zero-order valence-corrected chi connectivity index (χ0v) is 9.30. The Bertz CT molecular complexity index is 402. The second kappa shape index (κ2) is 6.15. The summed E-state index contributed by atoms with van der Waals surface area (Å²) in [5.41, 5.74) is 0.335. The van der Waals surface area contributed by atoms with E-state index in [9.17, 15) is 4.79 Å². The average Bonchev–Trinajstić information content (AvgIpc) is 2.25. The van der Waals surface area contributed by atoms with Gasteiger partial charge in [0.2, 0.25) is 0 Å². The highest BCUT2D eigenvalue weighted by molar-refractivity contribution is 7.99. The number of hydrogen-bond acceptors (Lipinski definition) is 2. The first-order chi connectivity index (χ1) is 7.24. The predicted octanol–water partition coefficient (Wildman–Crippen LogP) is 2.89. The zero-order valence-electron chi connectivity index (χ0n) is 8.49. The minimum absolute atomic E-state index is 0.335. The highest BCUT2D eigenvalue weighted by atomic mass is 32.2. The van der Waals surface area contributed by atoms with E-state index in [1.54, 1.807) is 30.0 Å². The van der Waals surface area contributed by atoms with Crippen molar-refractivity contribution in [2.24, 2.45) is 0 Å². The second-order valence-electron chi connectivity index (χ2n) is 2.86. The number of carboxylic acids is 1. The minimum Gasteiger partial charge on any atom is -0.478 e. The van der Waals surface area contributed by atoms with E-state index in [2.05, 4.69) is 11.8 Å². The molecule has 78 valence electrons. The highest BCUT2D eigenvalue weighted by Crippen LogP contribution is 2.19. The molecule has 0 atom stereocenters. The first kappa shape index (κ1) is 11.7. The largest absolute Gasteiger partial charge is 0.478 e. The lowest BCUT2D eigenvalue weighted by Crippen LogP contribution is -1.95. The van der Waals surface area contributed by atoms with Gasteiger partial charge in [-0.1, -0.05) is 6.07 Å². The predicted molar refractivity (Wildman–Crippen MR) is 62.2 cm³/mol. The molecule has 0 aliphatic heterocycles. The van der Waals surface area contributed by atoms with Crippen LogP contribution in [-0.2, 0) is 0 Å². The van der Waals surface area contributed by atoms with Crippen LogP contribution >= 0.6 is 11.8 Å². The summed E-state index contributed by atoms with van der Waals surface area (Å²) in [6, 6.07) is 6.96.